The van der Waals surface area contributed by atoms with E-state index in [1.807, 2.05) is 18.2 Å². The van der Waals surface area contributed by atoms with Crippen molar-refractivity contribution in [1.29, 1.82) is 0 Å². The lowest BCUT2D eigenvalue weighted by Crippen LogP contribution is -2.13. The third-order valence-corrected chi connectivity index (χ3v) is 3.77. The smallest absolute Gasteiger partial charge is 0.274 e. The summed E-state index contributed by atoms with van der Waals surface area (Å²) in [5.41, 5.74) is 3.83. The summed E-state index contributed by atoms with van der Waals surface area (Å²) in [6.45, 7) is 0. The van der Waals surface area contributed by atoms with Crippen molar-refractivity contribution >= 4 is 49.1 Å². The molecule has 1 aromatic carbocycles. The molecule has 0 radical (unpaired) electrons. The summed E-state index contributed by atoms with van der Waals surface area (Å²) >= 11 is 4.79. The topological polar surface area (TPSA) is 54.9 Å². The van der Waals surface area contributed by atoms with E-state index in [1.165, 1.54) is 0 Å². The predicted octanol–water partition coefficient (Wildman–Crippen LogP) is 3.71. The molecule has 0 aliphatic rings. The summed E-state index contributed by atoms with van der Waals surface area (Å²) in [5.74, 6) is -0.231. The van der Waals surface area contributed by atoms with Gasteiger partial charge in [0.05, 0.1) is 15.7 Å². The third-order valence-electron chi connectivity index (χ3n) is 2.54. The first kappa shape index (κ1) is 12.3. The Hall–Kier alpha value is -1.79. The Morgan fingerprint density at radius 3 is 3.00 bits per heavy atom. The highest BCUT2D eigenvalue weighted by Gasteiger charge is 2.08. The Bertz CT molecular complexity index is 756. The van der Waals surface area contributed by atoms with Crippen molar-refractivity contribution in [2.45, 2.75) is 0 Å². The van der Waals surface area contributed by atoms with Crippen LogP contribution in [0.25, 0.3) is 10.2 Å². The number of fused-ring (bicyclic) bond motifs is 1. The lowest BCUT2D eigenvalue weighted by atomic mass is 10.2. The van der Waals surface area contributed by atoms with Crippen LogP contribution in [0.1, 0.15) is 10.5 Å². The van der Waals surface area contributed by atoms with Crippen LogP contribution in [0.15, 0.2) is 46.5 Å². The molecule has 19 heavy (non-hydrogen) atoms. The summed E-state index contributed by atoms with van der Waals surface area (Å²) in [6.07, 6.45) is 0. The van der Waals surface area contributed by atoms with Gasteiger partial charge in [0, 0.05) is 5.69 Å². The van der Waals surface area contributed by atoms with Crippen molar-refractivity contribution in [2.75, 3.05) is 5.32 Å². The SMILES string of the molecule is O=C(Nc1ccc2ncsc2c1)c1cccc(Br)n1. The molecule has 0 atom stereocenters. The molecule has 0 aliphatic heterocycles. The number of thiazole rings is 1. The van der Waals surface area contributed by atoms with Crippen LogP contribution >= 0.6 is 27.3 Å². The number of rotatable bonds is 2. The van der Waals surface area contributed by atoms with Gasteiger partial charge in [-0.05, 0) is 46.3 Å². The molecule has 2 heterocycles. The second-order valence-electron chi connectivity index (χ2n) is 3.83. The number of anilines is 1. The van der Waals surface area contributed by atoms with Gasteiger partial charge in [-0.25, -0.2) is 9.97 Å². The van der Waals surface area contributed by atoms with E-state index in [0.29, 0.717) is 10.3 Å². The van der Waals surface area contributed by atoms with E-state index in [2.05, 4.69) is 31.2 Å². The first-order chi connectivity index (χ1) is 9.22. The highest BCUT2D eigenvalue weighted by Crippen LogP contribution is 2.22. The molecule has 0 unspecified atom stereocenters. The van der Waals surface area contributed by atoms with Gasteiger partial charge in [0.1, 0.15) is 10.3 Å². The maximum Gasteiger partial charge on any atom is 0.274 e. The normalized spacial score (nSPS) is 10.6. The van der Waals surface area contributed by atoms with Crippen LogP contribution in [0.2, 0.25) is 0 Å². The number of hydrogen-bond donors (Lipinski definition) is 1. The molecule has 94 valence electrons. The average Bonchev–Trinajstić information content (AvgIpc) is 2.86. The zero-order chi connectivity index (χ0) is 13.2. The van der Waals surface area contributed by atoms with Crippen molar-refractivity contribution in [1.82, 2.24) is 9.97 Å². The van der Waals surface area contributed by atoms with Crippen molar-refractivity contribution in [2.24, 2.45) is 0 Å². The monoisotopic (exact) mass is 333 g/mol. The maximum atomic E-state index is 12.0. The number of carbonyl (C=O) groups excluding carboxylic acids is 1. The highest BCUT2D eigenvalue weighted by molar-refractivity contribution is 9.10. The number of nitrogens with one attached hydrogen (secondary N) is 1. The van der Waals surface area contributed by atoms with Gasteiger partial charge >= 0.3 is 0 Å². The van der Waals surface area contributed by atoms with Crippen molar-refractivity contribution in [3.63, 3.8) is 0 Å². The predicted molar refractivity (Wildman–Crippen MR) is 79.5 cm³/mol. The molecule has 4 nitrogen and oxygen atoms in total. The van der Waals surface area contributed by atoms with E-state index in [-0.39, 0.29) is 5.91 Å². The lowest BCUT2D eigenvalue weighted by Gasteiger charge is -2.04. The summed E-state index contributed by atoms with van der Waals surface area (Å²) in [4.78, 5) is 20.3. The number of hydrogen-bond acceptors (Lipinski definition) is 4. The lowest BCUT2D eigenvalue weighted by molar-refractivity contribution is 0.102. The Morgan fingerprint density at radius 1 is 1.26 bits per heavy atom. The molecule has 0 saturated carbocycles. The minimum absolute atomic E-state index is 0.231. The van der Waals surface area contributed by atoms with Gasteiger partial charge in [0.2, 0.25) is 0 Å². The van der Waals surface area contributed by atoms with Gasteiger partial charge in [-0.2, -0.15) is 0 Å². The van der Waals surface area contributed by atoms with Gasteiger partial charge in [-0.15, -0.1) is 11.3 Å². The van der Waals surface area contributed by atoms with E-state index in [1.54, 1.807) is 35.0 Å². The number of aromatic nitrogens is 2. The number of halogens is 1. The molecule has 6 heteroatoms. The molecule has 0 fully saturated rings. The molecule has 1 amide bonds. The van der Waals surface area contributed by atoms with Crippen LogP contribution < -0.4 is 5.32 Å². The maximum absolute atomic E-state index is 12.0. The van der Waals surface area contributed by atoms with Crippen LogP contribution in [0.4, 0.5) is 5.69 Å². The zero-order valence-electron chi connectivity index (χ0n) is 9.63. The Balaban J connectivity index is 1.86. The molecule has 0 aliphatic carbocycles. The molecule has 0 bridgehead atoms. The molecule has 0 spiro atoms. The fourth-order valence-electron chi connectivity index (χ4n) is 1.66. The molecule has 3 aromatic rings. The van der Waals surface area contributed by atoms with Crippen LogP contribution in [0.5, 0.6) is 0 Å². The first-order valence-electron chi connectivity index (χ1n) is 5.49. The van der Waals surface area contributed by atoms with Crippen LogP contribution in [0.3, 0.4) is 0 Å². The minimum Gasteiger partial charge on any atom is -0.321 e. The molecule has 2 aromatic heterocycles. The molecule has 3 rings (SSSR count). The van der Waals surface area contributed by atoms with Gasteiger partial charge in [-0.1, -0.05) is 6.07 Å². The highest BCUT2D eigenvalue weighted by atomic mass is 79.9. The van der Waals surface area contributed by atoms with Crippen LogP contribution in [-0.4, -0.2) is 15.9 Å². The fraction of sp³-hybridized carbons (Fsp3) is 0. The largest absolute Gasteiger partial charge is 0.321 e. The standard InChI is InChI=1S/C13H8BrN3OS/c14-12-3-1-2-10(17-12)13(18)16-8-4-5-9-11(6-8)19-7-15-9/h1-7H,(H,16,18). The number of benzene rings is 1. The fourth-order valence-corrected chi connectivity index (χ4v) is 2.72. The van der Waals surface area contributed by atoms with E-state index >= 15 is 0 Å². The summed E-state index contributed by atoms with van der Waals surface area (Å²) in [5, 5.41) is 2.82. The molecular formula is C13H8BrN3OS. The van der Waals surface area contributed by atoms with E-state index in [0.717, 1.165) is 15.9 Å². The van der Waals surface area contributed by atoms with Gasteiger partial charge in [0.15, 0.2) is 0 Å². The Labute approximate surface area is 121 Å². The second-order valence-corrected chi connectivity index (χ2v) is 5.53. The van der Waals surface area contributed by atoms with Crippen molar-refractivity contribution in [3.8, 4) is 0 Å². The number of amides is 1. The van der Waals surface area contributed by atoms with Gasteiger partial charge < -0.3 is 5.32 Å². The third kappa shape index (κ3) is 2.64. The van der Waals surface area contributed by atoms with Crippen molar-refractivity contribution < 1.29 is 4.79 Å². The quantitative estimate of drug-likeness (QED) is 0.727. The average molecular weight is 334 g/mol. The van der Waals surface area contributed by atoms with Crippen LogP contribution in [0, 0.1) is 0 Å². The van der Waals surface area contributed by atoms with Gasteiger partial charge in [-0.3, -0.25) is 4.79 Å². The molecule has 0 saturated heterocycles. The Kier molecular flexibility index (Phi) is 3.27. The minimum atomic E-state index is -0.231. The summed E-state index contributed by atoms with van der Waals surface area (Å²) in [7, 11) is 0. The first-order valence-corrected chi connectivity index (χ1v) is 7.17. The zero-order valence-corrected chi connectivity index (χ0v) is 12.0. The van der Waals surface area contributed by atoms with E-state index < -0.39 is 0 Å². The second kappa shape index (κ2) is 5.07. The van der Waals surface area contributed by atoms with E-state index in [4.69, 9.17) is 0 Å². The van der Waals surface area contributed by atoms with Gasteiger partial charge in [0.25, 0.3) is 5.91 Å². The van der Waals surface area contributed by atoms with Crippen molar-refractivity contribution in [3.05, 3.63) is 52.2 Å². The molecular weight excluding hydrogens is 326 g/mol. The molecule has 1 N–H and O–H groups in total. The van der Waals surface area contributed by atoms with E-state index in [9.17, 15) is 4.79 Å². The number of nitrogens with zero attached hydrogens (tertiary/aromatic N) is 2. The number of carbonyl (C=O) groups is 1. The Morgan fingerprint density at radius 2 is 2.16 bits per heavy atom. The number of pyridine rings is 1. The summed E-state index contributed by atoms with van der Waals surface area (Å²) in [6, 6.07) is 10.8. The van der Waals surface area contributed by atoms with Crippen LogP contribution in [-0.2, 0) is 0 Å². The summed E-state index contributed by atoms with van der Waals surface area (Å²) < 4.78 is 1.68.